The molecule has 2 rings (SSSR count). The van der Waals surface area contributed by atoms with Gasteiger partial charge in [-0.05, 0) is 73.1 Å². The maximum absolute atomic E-state index is 10.6. The van der Waals surface area contributed by atoms with Crippen molar-refractivity contribution < 1.29 is 5.11 Å². The highest BCUT2D eigenvalue weighted by Crippen LogP contribution is 2.31. The summed E-state index contributed by atoms with van der Waals surface area (Å²) in [5.74, 6) is 1.67. The summed E-state index contributed by atoms with van der Waals surface area (Å²) in [5.41, 5.74) is 5.07. The van der Waals surface area contributed by atoms with E-state index in [4.69, 9.17) is 0 Å². The van der Waals surface area contributed by atoms with Gasteiger partial charge >= 0.3 is 0 Å². The van der Waals surface area contributed by atoms with Gasteiger partial charge < -0.3 is 10.0 Å². The number of aromatic hydroxyl groups is 1. The Hall–Kier alpha value is -1.44. The molecule has 1 aromatic rings. The number of hydrogen-bond donors (Lipinski definition) is 1. The number of benzene rings is 1. The normalized spacial score (nSPS) is 15.4. The lowest BCUT2D eigenvalue weighted by Gasteiger charge is -2.33. The van der Waals surface area contributed by atoms with Crippen molar-refractivity contribution in [2.45, 2.75) is 85.6 Å². The average molecular weight is 358 g/mol. The fourth-order valence-corrected chi connectivity index (χ4v) is 4.33. The summed E-state index contributed by atoms with van der Waals surface area (Å²) >= 11 is 0. The van der Waals surface area contributed by atoms with Gasteiger partial charge in [0.25, 0.3) is 0 Å². The minimum Gasteiger partial charge on any atom is -0.508 e. The Morgan fingerprint density at radius 3 is 2.54 bits per heavy atom. The van der Waals surface area contributed by atoms with Crippen molar-refractivity contribution in [3.05, 3.63) is 41.1 Å². The van der Waals surface area contributed by atoms with Crippen molar-refractivity contribution in [1.29, 1.82) is 0 Å². The van der Waals surface area contributed by atoms with E-state index < -0.39 is 0 Å². The van der Waals surface area contributed by atoms with E-state index >= 15 is 0 Å². The van der Waals surface area contributed by atoms with Crippen LogP contribution < -0.4 is 0 Å². The van der Waals surface area contributed by atoms with Crippen molar-refractivity contribution in [1.82, 2.24) is 4.90 Å². The largest absolute Gasteiger partial charge is 0.508 e. The van der Waals surface area contributed by atoms with Crippen LogP contribution in [0.3, 0.4) is 0 Å². The van der Waals surface area contributed by atoms with E-state index in [-0.39, 0.29) is 0 Å². The highest BCUT2D eigenvalue weighted by Gasteiger charge is 2.19. The van der Waals surface area contributed by atoms with E-state index in [1.54, 1.807) is 0 Å². The SMILES string of the molecule is C=C([C@@H](CC)CCC)N(Cc1cc(O)c2c(c1)CCCCC2)CC(C)C. The Balaban J connectivity index is 2.23. The zero-order valence-electron chi connectivity index (χ0n) is 17.5. The van der Waals surface area contributed by atoms with Gasteiger partial charge in [-0.2, -0.15) is 0 Å². The fraction of sp³-hybridized carbons (Fsp3) is 0.667. The summed E-state index contributed by atoms with van der Waals surface area (Å²) in [4.78, 5) is 2.46. The van der Waals surface area contributed by atoms with Crippen molar-refractivity contribution >= 4 is 0 Å². The van der Waals surface area contributed by atoms with Crippen molar-refractivity contribution in [3.8, 4) is 5.75 Å². The second-order valence-corrected chi connectivity index (χ2v) is 8.47. The molecule has 0 amide bonds. The van der Waals surface area contributed by atoms with Crippen molar-refractivity contribution in [3.63, 3.8) is 0 Å². The Morgan fingerprint density at radius 2 is 1.88 bits per heavy atom. The molecular weight excluding hydrogens is 318 g/mol. The molecule has 1 N–H and O–H groups in total. The molecule has 1 aliphatic rings. The van der Waals surface area contributed by atoms with E-state index in [0.29, 0.717) is 17.6 Å². The van der Waals surface area contributed by atoms with Gasteiger partial charge in [0, 0.05) is 18.8 Å². The van der Waals surface area contributed by atoms with Crippen molar-refractivity contribution in [2.24, 2.45) is 11.8 Å². The summed E-state index contributed by atoms with van der Waals surface area (Å²) in [5, 5.41) is 10.6. The second-order valence-electron chi connectivity index (χ2n) is 8.47. The molecular formula is C24H39NO. The molecule has 0 saturated heterocycles. The van der Waals surface area contributed by atoms with Gasteiger partial charge in [0.1, 0.15) is 5.75 Å². The van der Waals surface area contributed by atoms with Gasteiger partial charge in [0.2, 0.25) is 0 Å². The quantitative estimate of drug-likeness (QED) is 0.513. The zero-order chi connectivity index (χ0) is 19.1. The van der Waals surface area contributed by atoms with Crippen LogP contribution in [0.5, 0.6) is 5.75 Å². The first-order valence-corrected chi connectivity index (χ1v) is 10.7. The monoisotopic (exact) mass is 357 g/mol. The minimum atomic E-state index is 0.509. The predicted molar refractivity (Wildman–Crippen MR) is 112 cm³/mol. The van der Waals surface area contributed by atoms with Crippen LogP contribution in [0.4, 0.5) is 0 Å². The summed E-state index contributed by atoms with van der Waals surface area (Å²) < 4.78 is 0. The minimum absolute atomic E-state index is 0.509. The first-order chi connectivity index (χ1) is 12.5. The van der Waals surface area contributed by atoms with Crippen LogP contribution in [0.15, 0.2) is 24.4 Å². The summed E-state index contributed by atoms with van der Waals surface area (Å²) in [6.07, 6.45) is 9.41. The van der Waals surface area contributed by atoms with Crippen LogP contribution in [0.2, 0.25) is 0 Å². The number of rotatable bonds is 9. The Morgan fingerprint density at radius 1 is 1.15 bits per heavy atom. The van der Waals surface area contributed by atoms with E-state index in [1.807, 2.05) is 6.07 Å². The van der Waals surface area contributed by atoms with Gasteiger partial charge in [-0.25, -0.2) is 0 Å². The molecule has 1 atom stereocenters. The van der Waals surface area contributed by atoms with Crippen molar-refractivity contribution in [2.75, 3.05) is 6.54 Å². The first kappa shape index (κ1) is 20.9. The van der Waals surface area contributed by atoms with Crippen LogP contribution in [-0.2, 0) is 19.4 Å². The Bertz CT molecular complexity index is 590. The number of fused-ring (bicyclic) bond motifs is 1. The summed E-state index contributed by atoms with van der Waals surface area (Å²) in [7, 11) is 0. The lowest BCUT2D eigenvalue weighted by atomic mass is 9.94. The Kier molecular flexibility index (Phi) is 8.06. The van der Waals surface area contributed by atoms with Crippen LogP contribution in [-0.4, -0.2) is 16.6 Å². The third-order valence-electron chi connectivity index (χ3n) is 5.72. The molecule has 0 unspecified atom stereocenters. The highest BCUT2D eigenvalue weighted by atomic mass is 16.3. The molecule has 2 nitrogen and oxygen atoms in total. The maximum atomic E-state index is 10.6. The number of hydrogen-bond acceptors (Lipinski definition) is 2. The predicted octanol–water partition coefficient (Wildman–Crippen LogP) is 6.46. The van der Waals surface area contributed by atoms with E-state index in [0.717, 1.165) is 32.4 Å². The first-order valence-electron chi connectivity index (χ1n) is 10.7. The summed E-state index contributed by atoms with van der Waals surface area (Å²) in [6, 6.07) is 4.35. The molecule has 26 heavy (non-hydrogen) atoms. The molecule has 0 spiro atoms. The van der Waals surface area contributed by atoms with E-state index in [2.05, 4.69) is 45.2 Å². The lowest BCUT2D eigenvalue weighted by Crippen LogP contribution is -2.30. The number of phenolic OH excluding ortho intramolecular Hbond substituents is 1. The number of aryl methyl sites for hydroxylation is 1. The molecule has 0 aromatic heterocycles. The molecule has 146 valence electrons. The molecule has 2 heteroatoms. The topological polar surface area (TPSA) is 23.5 Å². The molecule has 0 bridgehead atoms. The molecule has 0 fully saturated rings. The van der Waals surface area contributed by atoms with Crippen LogP contribution >= 0.6 is 0 Å². The zero-order valence-corrected chi connectivity index (χ0v) is 17.5. The molecule has 1 aromatic carbocycles. The van der Waals surface area contributed by atoms with Gasteiger partial charge in [0.15, 0.2) is 0 Å². The number of phenols is 1. The Labute approximate surface area is 161 Å². The highest BCUT2D eigenvalue weighted by molar-refractivity contribution is 5.44. The molecule has 0 radical (unpaired) electrons. The van der Waals surface area contributed by atoms with Gasteiger partial charge in [-0.15, -0.1) is 0 Å². The molecule has 0 saturated carbocycles. The standard InChI is InChI=1S/C24H39NO/c1-6-11-21(7-2)19(5)25(16-18(3)4)17-20-14-22-12-9-8-10-13-23(22)24(26)15-20/h14-15,18,21,26H,5-13,16-17H2,1-4H3/t21-/m0/s1. The molecule has 0 heterocycles. The number of nitrogens with zero attached hydrogens (tertiary/aromatic N) is 1. The fourth-order valence-electron chi connectivity index (χ4n) is 4.33. The summed E-state index contributed by atoms with van der Waals surface area (Å²) in [6.45, 7) is 15.4. The number of allylic oxidation sites excluding steroid dienone is 1. The maximum Gasteiger partial charge on any atom is 0.119 e. The van der Waals surface area contributed by atoms with E-state index in [1.165, 1.54) is 54.5 Å². The van der Waals surface area contributed by atoms with Crippen LogP contribution in [0, 0.1) is 11.8 Å². The van der Waals surface area contributed by atoms with E-state index in [9.17, 15) is 5.11 Å². The lowest BCUT2D eigenvalue weighted by molar-refractivity contribution is 0.256. The third kappa shape index (κ3) is 5.53. The molecule has 1 aliphatic carbocycles. The smallest absolute Gasteiger partial charge is 0.119 e. The average Bonchev–Trinajstić information content (AvgIpc) is 2.84. The van der Waals surface area contributed by atoms with Crippen LogP contribution in [0.25, 0.3) is 0 Å². The van der Waals surface area contributed by atoms with Gasteiger partial charge in [-0.3, -0.25) is 0 Å². The third-order valence-corrected chi connectivity index (χ3v) is 5.72. The van der Waals surface area contributed by atoms with Gasteiger partial charge in [-0.1, -0.05) is 53.2 Å². The second kappa shape index (κ2) is 10.0. The molecule has 0 aliphatic heterocycles. The van der Waals surface area contributed by atoms with Crippen LogP contribution in [0.1, 0.15) is 82.9 Å². The van der Waals surface area contributed by atoms with Gasteiger partial charge in [0.05, 0.1) is 0 Å².